The Morgan fingerprint density at radius 2 is 1.63 bits per heavy atom. The summed E-state index contributed by atoms with van der Waals surface area (Å²) >= 11 is 0. The second kappa shape index (κ2) is 8.45. The Labute approximate surface area is 159 Å². The zero-order chi connectivity index (χ0) is 19.2. The van der Waals surface area contributed by atoms with Crippen LogP contribution in [-0.2, 0) is 6.42 Å². The van der Waals surface area contributed by atoms with Crippen molar-refractivity contribution in [2.75, 3.05) is 17.2 Å². The molecule has 1 amide bonds. The van der Waals surface area contributed by atoms with Crippen LogP contribution in [-0.4, -0.2) is 22.4 Å². The molecule has 0 saturated carbocycles. The molecule has 5 nitrogen and oxygen atoms in total. The number of nitrogens with one attached hydrogen (secondary N) is 2. The highest BCUT2D eigenvalue weighted by Crippen LogP contribution is 2.15. The third kappa shape index (κ3) is 5.38. The van der Waals surface area contributed by atoms with Crippen molar-refractivity contribution in [3.8, 4) is 0 Å². The Balaban J connectivity index is 1.67. The van der Waals surface area contributed by atoms with Gasteiger partial charge in [-0.05, 0) is 62.1 Å². The van der Waals surface area contributed by atoms with Crippen molar-refractivity contribution in [3.05, 3.63) is 82.7 Å². The van der Waals surface area contributed by atoms with Gasteiger partial charge in [-0.3, -0.25) is 4.79 Å². The van der Waals surface area contributed by atoms with Crippen LogP contribution in [0.25, 0.3) is 0 Å². The van der Waals surface area contributed by atoms with Gasteiger partial charge in [-0.15, -0.1) is 0 Å². The quantitative estimate of drug-likeness (QED) is 0.687. The van der Waals surface area contributed by atoms with Crippen LogP contribution in [0.4, 0.5) is 11.6 Å². The van der Waals surface area contributed by atoms with Crippen molar-refractivity contribution in [1.82, 2.24) is 9.97 Å². The molecule has 1 heterocycles. The molecule has 2 N–H and O–H groups in total. The van der Waals surface area contributed by atoms with Gasteiger partial charge in [0.1, 0.15) is 5.69 Å². The van der Waals surface area contributed by atoms with Crippen molar-refractivity contribution in [3.63, 3.8) is 0 Å². The fourth-order valence-electron chi connectivity index (χ4n) is 2.97. The highest BCUT2D eigenvalue weighted by Gasteiger charge is 2.11. The second-order valence-corrected chi connectivity index (χ2v) is 6.71. The number of rotatable bonds is 6. The predicted molar refractivity (Wildman–Crippen MR) is 109 cm³/mol. The lowest BCUT2D eigenvalue weighted by atomic mass is 10.1. The molecule has 0 aliphatic rings. The van der Waals surface area contributed by atoms with Gasteiger partial charge < -0.3 is 10.6 Å². The molecule has 1 aromatic heterocycles. The van der Waals surface area contributed by atoms with Gasteiger partial charge in [-0.25, -0.2) is 9.97 Å². The van der Waals surface area contributed by atoms with Gasteiger partial charge in [-0.2, -0.15) is 0 Å². The van der Waals surface area contributed by atoms with E-state index in [1.807, 2.05) is 51.1 Å². The minimum atomic E-state index is -0.239. The molecule has 3 rings (SSSR count). The van der Waals surface area contributed by atoms with Crippen LogP contribution >= 0.6 is 0 Å². The lowest BCUT2D eigenvalue weighted by Crippen LogP contribution is -2.17. The number of benzene rings is 2. The maximum atomic E-state index is 12.6. The van der Waals surface area contributed by atoms with E-state index in [1.54, 1.807) is 6.07 Å². The molecule has 0 saturated heterocycles. The first-order valence-electron chi connectivity index (χ1n) is 9.03. The summed E-state index contributed by atoms with van der Waals surface area (Å²) in [7, 11) is 0. The Bertz CT molecular complexity index is 918. The lowest BCUT2D eigenvalue weighted by molar-refractivity contribution is 0.102. The Hall–Kier alpha value is -3.21. The summed E-state index contributed by atoms with van der Waals surface area (Å²) in [6, 6.07) is 17.9. The van der Waals surface area contributed by atoms with Gasteiger partial charge in [0, 0.05) is 17.9 Å². The van der Waals surface area contributed by atoms with Gasteiger partial charge >= 0.3 is 0 Å². The molecule has 0 aliphatic carbocycles. The van der Waals surface area contributed by atoms with E-state index in [1.165, 1.54) is 5.56 Å². The van der Waals surface area contributed by atoms with Gasteiger partial charge in [0.15, 0.2) is 0 Å². The Morgan fingerprint density at radius 1 is 0.926 bits per heavy atom. The maximum absolute atomic E-state index is 12.6. The molecule has 3 aromatic rings. The fraction of sp³-hybridized carbons (Fsp3) is 0.227. The van der Waals surface area contributed by atoms with Gasteiger partial charge in [0.2, 0.25) is 5.95 Å². The molecule has 2 aromatic carbocycles. The number of aromatic nitrogens is 2. The number of carbonyl (C=O) groups excluding carboxylic acids is 1. The molecule has 0 radical (unpaired) electrons. The lowest BCUT2D eigenvalue weighted by Gasteiger charge is -2.10. The van der Waals surface area contributed by atoms with E-state index >= 15 is 0 Å². The smallest absolute Gasteiger partial charge is 0.274 e. The third-order valence-corrected chi connectivity index (χ3v) is 4.11. The van der Waals surface area contributed by atoms with Crippen molar-refractivity contribution >= 4 is 17.5 Å². The summed E-state index contributed by atoms with van der Waals surface area (Å²) in [4.78, 5) is 21.4. The highest BCUT2D eigenvalue weighted by atomic mass is 16.1. The molecule has 0 atom stereocenters. The maximum Gasteiger partial charge on any atom is 0.274 e. The first kappa shape index (κ1) is 18.6. The summed E-state index contributed by atoms with van der Waals surface area (Å²) in [5.41, 5.74) is 5.32. The van der Waals surface area contributed by atoms with Crippen LogP contribution in [0, 0.1) is 20.8 Å². The first-order valence-corrected chi connectivity index (χ1v) is 9.03. The van der Waals surface area contributed by atoms with Crippen LogP contribution in [0.15, 0.2) is 54.6 Å². The van der Waals surface area contributed by atoms with Crippen molar-refractivity contribution in [2.24, 2.45) is 0 Å². The van der Waals surface area contributed by atoms with Crippen LogP contribution < -0.4 is 10.6 Å². The van der Waals surface area contributed by atoms with E-state index in [-0.39, 0.29) is 5.91 Å². The Morgan fingerprint density at radius 3 is 2.33 bits per heavy atom. The van der Waals surface area contributed by atoms with Gasteiger partial charge in [-0.1, -0.05) is 36.4 Å². The first-order chi connectivity index (χ1) is 13.0. The normalized spacial score (nSPS) is 10.5. The average molecular weight is 360 g/mol. The van der Waals surface area contributed by atoms with Crippen molar-refractivity contribution < 1.29 is 4.79 Å². The second-order valence-electron chi connectivity index (χ2n) is 6.71. The van der Waals surface area contributed by atoms with Crippen LogP contribution in [0.5, 0.6) is 0 Å². The van der Waals surface area contributed by atoms with Gasteiger partial charge in [0.25, 0.3) is 5.91 Å². The average Bonchev–Trinajstić information content (AvgIpc) is 2.61. The standard InChI is InChI=1S/C22H24N4O/c1-15-11-16(2)13-19(12-15)25-21(27)20-14-17(3)24-22(26-20)23-10-9-18-7-5-4-6-8-18/h4-8,11-14H,9-10H2,1-3H3,(H,25,27)(H,23,24,26). The summed E-state index contributed by atoms with van der Waals surface area (Å²) in [5.74, 6) is 0.230. The number of hydrogen-bond acceptors (Lipinski definition) is 4. The number of amides is 1. The molecular formula is C22H24N4O. The third-order valence-electron chi connectivity index (χ3n) is 4.11. The summed E-state index contributed by atoms with van der Waals surface area (Å²) < 4.78 is 0. The molecule has 0 aliphatic heterocycles. The molecule has 0 unspecified atom stereocenters. The molecule has 5 heteroatoms. The van der Waals surface area contributed by atoms with E-state index < -0.39 is 0 Å². The molecule has 0 spiro atoms. The number of carbonyl (C=O) groups is 1. The molecule has 0 bridgehead atoms. The van der Waals surface area contributed by atoms with Crippen LogP contribution in [0.1, 0.15) is 32.9 Å². The van der Waals surface area contributed by atoms with E-state index in [0.29, 0.717) is 18.2 Å². The van der Waals surface area contributed by atoms with Gasteiger partial charge in [0.05, 0.1) is 0 Å². The Kier molecular flexibility index (Phi) is 5.81. The van der Waals surface area contributed by atoms with Crippen LogP contribution in [0.2, 0.25) is 0 Å². The fourth-order valence-corrected chi connectivity index (χ4v) is 2.97. The topological polar surface area (TPSA) is 66.9 Å². The van der Waals surface area contributed by atoms with Crippen molar-refractivity contribution in [1.29, 1.82) is 0 Å². The summed E-state index contributed by atoms with van der Waals surface area (Å²) in [6.45, 7) is 6.57. The molecule has 27 heavy (non-hydrogen) atoms. The zero-order valence-corrected chi connectivity index (χ0v) is 15.9. The SMILES string of the molecule is Cc1cc(C)cc(NC(=O)c2cc(C)nc(NCCc3ccccc3)n2)c1. The monoisotopic (exact) mass is 360 g/mol. The zero-order valence-electron chi connectivity index (χ0n) is 15.9. The van der Waals surface area contributed by atoms with Crippen molar-refractivity contribution in [2.45, 2.75) is 27.2 Å². The number of nitrogens with zero attached hydrogens (tertiary/aromatic N) is 2. The van der Waals surface area contributed by atoms with E-state index in [9.17, 15) is 4.79 Å². The van der Waals surface area contributed by atoms with E-state index in [0.717, 1.165) is 28.9 Å². The van der Waals surface area contributed by atoms with E-state index in [4.69, 9.17) is 0 Å². The number of anilines is 2. The minimum Gasteiger partial charge on any atom is -0.354 e. The van der Waals surface area contributed by atoms with Crippen LogP contribution in [0.3, 0.4) is 0 Å². The molecule has 0 fully saturated rings. The number of hydrogen-bond donors (Lipinski definition) is 2. The predicted octanol–water partition coefficient (Wildman–Crippen LogP) is 4.31. The molecule has 138 valence electrons. The largest absolute Gasteiger partial charge is 0.354 e. The van der Waals surface area contributed by atoms with E-state index in [2.05, 4.69) is 38.8 Å². The highest BCUT2D eigenvalue weighted by molar-refractivity contribution is 6.03. The minimum absolute atomic E-state index is 0.239. The molecular weight excluding hydrogens is 336 g/mol. The number of aryl methyl sites for hydroxylation is 3. The summed E-state index contributed by atoms with van der Waals surface area (Å²) in [5, 5.41) is 6.13. The summed E-state index contributed by atoms with van der Waals surface area (Å²) in [6.07, 6.45) is 0.863.